The molecule has 0 bridgehead atoms. The maximum absolute atomic E-state index is 8.66. The minimum atomic E-state index is 0.193. The Morgan fingerprint density at radius 3 is 2.72 bits per heavy atom. The van der Waals surface area contributed by atoms with Crippen LogP contribution in [0.15, 0.2) is 12.3 Å². The summed E-state index contributed by atoms with van der Waals surface area (Å²) >= 11 is 0. The lowest BCUT2D eigenvalue weighted by molar-refractivity contribution is 0.291. The Hall–Kier alpha value is -1.11. The zero-order valence-corrected chi connectivity index (χ0v) is 11.2. The van der Waals surface area contributed by atoms with E-state index in [0.29, 0.717) is 6.54 Å². The van der Waals surface area contributed by atoms with Crippen LogP contribution >= 0.6 is 0 Å². The molecular weight excluding hydrogens is 230 g/mol. The molecule has 18 heavy (non-hydrogen) atoms. The number of aliphatic hydroxyl groups excluding tert-OH is 1. The molecule has 2 heterocycles. The van der Waals surface area contributed by atoms with Crippen LogP contribution < -0.4 is 16.0 Å². The van der Waals surface area contributed by atoms with Gasteiger partial charge in [0.2, 0.25) is 0 Å². The topological polar surface area (TPSA) is 79.3 Å². The maximum Gasteiger partial charge on any atom is 0.126 e. The van der Waals surface area contributed by atoms with E-state index in [0.717, 1.165) is 26.2 Å². The van der Waals surface area contributed by atoms with Gasteiger partial charge in [-0.15, -0.1) is 0 Å². The highest BCUT2D eigenvalue weighted by Crippen LogP contribution is 2.18. The van der Waals surface area contributed by atoms with E-state index >= 15 is 0 Å². The Morgan fingerprint density at radius 1 is 1.33 bits per heavy atom. The van der Waals surface area contributed by atoms with Gasteiger partial charge in [-0.05, 0) is 19.9 Å². The third-order valence-corrected chi connectivity index (χ3v) is 2.91. The molecule has 1 fully saturated rings. The Balaban J connectivity index is 0.000000771. The zero-order chi connectivity index (χ0) is 13.2. The van der Waals surface area contributed by atoms with Gasteiger partial charge in [0.05, 0.1) is 19.3 Å². The van der Waals surface area contributed by atoms with Crippen molar-refractivity contribution in [1.82, 2.24) is 15.1 Å². The van der Waals surface area contributed by atoms with Crippen molar-refractivity contribution in [3.05, 3.63) is 12.3 Å². The van der Waals surface area contributed by atoms with Gasteiger partial charge < -0.3 is 21.1 Å². The Bertz CT molecular complexity index is 309. The molecule has 0 aliphatic carbocycles. The second-order valence-electron chi connectivity index (χ2n) is 4.08. The lowest BCUT2D eigenvalue weighted by Crippen LogP contribution is -2.26. The molecule has 1 aliphatic heterocycles. The summed E-state index contributed by atoms with van der Waals surface area (Å²) in [7, 11) is 1.50. The van der Waals surface area contributed by atoms with Gasteiger partial charge in [-0.1, -0.05) is 0 Å². The number of aromatic nitrogens is 2. The van der Waals surface area contributed by atoms with Crippen LogP contribution in [0, 0.1) is 0 Å². The van der Waals surface area contributed by atoms with Crippen LogP contribution in [-0.4, -0.2) is 54.7 Å². The number of aliphatic hydroxyl groups is 1. The maximum atomic E-state index is 8.66. The first-order valence-electron chi connectivity index (χ1n) is 6.58. The summed E-state index contributed by atoms with van der Waals surface area (Å²) in [5, 5.41) is 16.2. The fraction of sp³-hybridized carbons (Fsp3) is 0.750. The highest BCUT2D eigenvalue weighted by atomic mass is 16.3. The number of hydrogen-bond donors (Lipinski definition) is 3. The highest BCUT2D eigenvalue weighted by molar-refractivity contribution is 5.39. The third kappa shape index (κ3) is 4.29. The van der Waals surface area contributed by atoms with Gasteiger partial charge in [0.25, 0.3) is 0 Å². The Kier molecular flexibility index (Phi) is 7.40. The van der Waals surface area contributed by atoms with E-state index in [-0.39, 0.29) is 6.61 Å². The van der Waals surface area contributed by atoms with Crippen LogP contribution in [0.3, 0.4) is 0 Å². The van der Waals surface area contributed by atoms with Gasteiger partial charge in [0, 0.05) is 32.2 Å². The first-order chi connectivity index (χ1) is 8.92. The van der Waals surface area contributed by atoms with E-state index in [4.69, 9.17) is 5.11 Å². The van der Waals surface area contributed by atoms with Gasteiger partial charge >= 0.3 is 0 Å². The molecule has 0 atom stereocenters. The minimum absolute atomic E-state index is 0.193. The van der Waals surface area contributed by atoms with Crippen molar-refractivity contribution >= 4 is 5.82 Å². The van der Waals surface area contributed by atoms with E-state index in [2.05, 4.69) is 27.1 Å². The summed E-state index contributed by atoms with van der Waals surface area (Å²) in [4.78, 5) is 2.39. The Labute approximate surface area is 109 Å². The molecule has 6 nitrogen and oxygen atoms in total. The van der Waals surface area contributed by atoms with Gasteiger partial charge in [-0.2, -0.15) is 5.10 Å². The molecule has 0 spiro atoms. The second-order valence-corrected chi connectivity index (χ2v) is 4.08. The third-order valence-electron chi connectivity index (χ3n) is 2.91. The predicted octanol–water partition coefficient (Wildman–Crippen LogP) is -0.360. The highest BCUT2D eigenvalue weighted by Gasteiger charge is 2.15. The van der Waals surface area contributed by atoms with E-state index in [1.807, 2.05) is 10.9 Å². The van der Waals surface area contributed by atoms with E-state index in [1.54, 1.807) is 0 Å². The molecule has 1 saturated heterocycles. The average molecular weight is 255 g/mol. The molecular formula is C12H25N5O. The smallest absolute Gasteiger partial charge is 0.126 e. The summed E-state index contributed by atoms with van der Waals surface area (Å²) in [6.07, 6.45) is 4.43. The van der Waals surface area contributed by atoms with Crippen LogP contribution in [0.25, 0.3) is 0 Å². The fourth-order valence-corrected chi connectivity index (χ4v) is 2.10. The van der Waals surface area contributed by atoms with Crippen molar-refractivity contribution in [2.45, 2.75) is 19.4 Å². The fourth-order valence-electron chi connectivity index (χ4n) is 2.10. The molecule has 1 aromatic heterocycles. The molecule has 0 saturated carbocycles. The van der Waals surface area contributed by atoms with E-state index in [9.17, 15) is 0 Å². The van der Waals surface area contributed by atoms with Crippen molar-refractivity contribution in [2.75, 3.05) is 44.7 Å². The summed E-state index contributed by atoms with van der Waals surface area (Å²) < 4.78 is 2.04. The summed E-state index contributed by atoms with van der Waals surface area (Å²) in [6, 6.07) is 2.08. The van der Waals surface area contributed by atoms with E-state index < -0.39 is 0 Å². The van der Waals surface area contributed by atoms with Crippen LogP contribution in [0.1, 0.15) is 12.8 Å². The number of nitrogens with zero attached hydrogens (tertiary/aromatic N) is 3. The van der Waals surface area contributed by atoms with Crippen molar-refractivity contribution in [3.8, 4) is 0 Å². The van der Waals surface area contributed by atoms with Crippen LogP contribution in [0.5, 0.6) is 0 Å². The number of nitrogens with one attached hydrogen (secondary N) is 1. The average Bonchev–Trinajstić information content (AvgIpc) is 3.07. The molecule has 104 valence electrons. The van der Waals surface area contributed by atoms with Crippen molar-refractivity contribution in [3.63, 3.8) is 0 Å². The van der Waals surface area contributed by atoms with Gasteiger partial charge in [-0.25, -0.2) is 4.68 Å². The summed E-state index contributed by atoms with van der Waals surface area (Å²) in [5.41, 5.74) is 4.50. The molecule has 1 aliphatic rings. The number of nitrogens with two attached hydrogens (primary N) is 1. The number of hydrogen-bond acceptors (Lipinski definition) is 5. The number of rotatable bonds is 6. The summed E-state index contributed by atoms with van der Waals surface area (Å²) in [6.45, 7) is 4.85. The van der Waals surface area contributed by atoms with Crippen LogP contribution in [0.2, 0.25) is 0 Å². The molecule has 4 N–H and O–H groups in total. The normalized spacial score (nSPS) is 14.5. The minimum Gasteiger partial charge on any atom is -0.395 e. The number of anilines is 1. The lowest BCUT2D eigenvalue weighted by atomic mass is 10.4. The van der Waals surface area contributed by atoms with Gasteiger partial charge in [-0.3, -0.25) is 0 Å². The van der Waals surface area contributed by atoms with E-state index in [1.165, 1.54) is 25.7 Å². The zero-order valence-electron chi connectivity index (χ0n) is 11.2. The SMILES string of the molecule is CN.OCCNCCn1nccc1N1CCCC1. The molecule has 6 heteroatoms. The van der Waals surface area contributed by atoms with Crippen molar-refractivity contribution < 1.29 is 5.11 Å². The van der Waals surface area contributed by atoms with Gasteiger partial charge in [0.1, 0.15) is 5.82 Å². The molecule has 0 aromatic carbocycles. The first-order valence-corrected chi connectivity index (χ1v) is 6.58. The standard InChI is InChI=1S/C11H20N4O.CH5N/c16-10-6-12-5-9-15-11(3-4-13-15)14-7-1-2-8-14;1-2/h3-4,12,16H,1-2,5-10H2;2H2,1H3. The molecule has 0 unspecified atom stereocenters. The first kappa shape index (κ1) is 14.9. The Morgan fingerprint density at radius 2 is 2.06 bits per heavy atom. The monoisotopic (exact) mass is 255 g/mol. The summed E-state index contributed by atoms with van der Waals surface area (Å²) in [5.74, 6) is 1.23. The molecule has 0 amide bonds. The molecule has 1 aromatic rings. The largest absolute Gasteiger partial charge is 0.395 e. The van der Waals surface area contributed by atoms with Crippen LogP contribution in [0.4, 0.5) is 5.82 Å². The molecule has 2 rings (SSSR count). The lowest BCUT2D eigenvalue weighted by Gasteiger charge is -2.18. The predicted molar refractivity (Wildman–Crippen MR) is 73.7 cm³/mol. The van der Waals surface area contributed by atoms with Crippen LogP contribution in [-0.2, 0) is 6.54 Å². The van der Waals surface area contributed by atoms with Gasteiger partial charge in [0.15, 0.2) is 0 Å². The second kappa shape index (κ2) is 8.91. The quantitative estimate of drug-likeness (QED) is 0.605. The molecule has 0 radical (unpaired) electrons. The van der Waals surface area contributed by atoms with Crippen molar-refractivity contribution in [1.29, 1.82) is 0 Å². The van der Waals surface area contributed by atoms with Crippen molar-refractivity contribution in [2.24, 2.45) is 5.73 Å².